The average molecular weight is 354 g/mol. The molecule has 134 valence electrons. The average Bonchev–Trinajstić information content (AvgIpc) is 3.14. The van der Waals surface area contributed by atoms with Crippen molar-refractivity contribution in [1.29, 1.82) is 0 Å². The Morgan fingerprint density at radius 1 is 1.23 bits per heavy atom. The number of ether oxygens (including phenoxy) is 1. The van der Waals surface area contributed by atoms with Gasteiger partial charge in [0.25, 0.3) is 0 Å². The number of hydrogen-bond donors (Lipinski definition) is 1. The molecule has 1 amide bonds. The van der Waals surface area contributed by atoms with Crippen LogP contribution in [-0.2, 0) is 17.8 Å². The van der Waals surface area contributed by atoms with Crippen LogP contribution in [0.15, 0.2) is 59.3 Å². The van der Waals surface area contributed by atoms with E-state index in [2.05, 4.69) is 10.5 Å². The number of carbonyl (C=O) groups excluding carboxylic acids is 1. The molecule has 0 fully saturated rings. The highest BCUT2D eigenvalue weighted by molar-refractivity contribution is 5.76. The molecule has 0 unspecified atom stereocenters. The van der Waals surface area contributed by atoms with Crippen molar-refractivity contribution in [2.45, 2.75) is 19.4 Å². The van der Waals surface area contributed by atoms with E-state index in [-0.39, 0.29) is 11.7 Å². The summed E-state index contributed by atoms with van der Waals surface area (Å²) < 4.78 is 23.2. The quantitative estimate of drug-likeness (QED) is 0.702. The molecular formula is C20H19FN2O3. The summed E-state index contributed by atoms with van der Waals surface area (Å²) in [7, 11) is 1.61. The van der Waals surface area contributed by atoms with E-state index in [1.54, 1.807) is 19.2 Å². The number of carbonyl (C=O) groups is 1. The fourth-order valence-corrected chi connectivity index (χ4v) is 2.60. The predicted molar refractivity (Wildman–Crippen MR) is 95.1 cm³/mol. The molecule has 0 aliphatic rings. The second-order valence-corrected chi connectivity index (χ2v) is 5.82. The van der Waals surface area contributed by atoms with Crippen molar-refractivity contribution in [3.63, 3.8) is 0 Å². The summed E-state index contributed by atoms with van der Waals surface area (Å²) in [4.78, 5) is 12.1. The Morgan fingerprint density at radius 2 is 2.04 bits per heavy atom. The molecule has 0 bridgehead atoms. The fourth-order valence-electron chi connectivity index (χ4n) is 2.60. The Morgan fingerprint density at radius 3 is 2.81 bits per heavy atom. The van der Waals surface area contributed by atoms with Gasteiger partial charge in [-0.1, -0.05) is 17.3 Å². The van der Waals surface area contributed by atoms with Gasteiger partial charge in [-0.15, -0.1) is 0 Å². The van der Waals surface area contributed by atoms with Gasteiger partial charge >= 0.3 is 0 Å². The van der Waals surface area contributed by atoms with Gasteiger partial charge in [-0.2, -0.15) is 0 Å². The van der Waals surface area contributed by atoms with Crippen molar-refractivity contribution in [3.05, 3.63) is 71.7 Å². The Kier molecular flexibility index (Phi) is 5.63. The highest BCUT2D eigenvalue weighted by Gasteiger charge is 2.12. The number of hydrogen-bond acceptors (Lipinski definition) is 4. The number of aromatic nitrogens is 1. The molecule has 0 aliphatic carbocycles. The number of rotatable bonds is 7. The fraction of sp³-hybridized carbons (Fsp3) is 0.200. The minimum atomic E-state index is -0.310. The van der Waals surface area contributed by atoms with Gasteiger partial charge in [0.05, 0.1) is 7.11 Å². The maximum atomic E-state index is 13.1. The third-order valence-corrected chi connectivity index (χ3v) is 4.01. The number of nitrogens with one attached hydrogen (secondary N) is 1. The zero-order valence-electron chi connectivity index (χ0n) is 14.4. The van der Waals surface area contributed by atoms with Crippen molar-refractivity contribution < 1.29 is 18.4 Å². The van der Waals surface area contributed by atoms with Crippen LogP contribution in [0.2, 0.25) is 0 Å². The smallest absolute Gasteiger partial charge is 0.220 e. The van der Waals surface area contributed by atoms with E-state index in [9.17, 15) is 9.18 Å². The summed E-state index contributed by atoms with van der Waals surface area (Å²) >= 11 is 0. The molecule has 0 aliphatic heterocycles. The molecule has 1 aromatic heterocycles. The molecule has 5 nitrogen and oxygen atoms in total. The van der Waals surface area contributed by atoms with Crippen LogP contribution in [0.3, 0.4) is 0 Å². The first-order valence-corrected chi connectivity index (χ1v) is 8.24. The van der Waals surface area contributed by atoms with Crippen molar-refractivity contribution in [2.75, 3.05) is 7.11 Å². The summed E-state index contributed by atoms with van der Waals surface area (Å²) in [6.45, 7) is 0.435. The molecule has 0 atom stereocenters. The highest BCUT2D eigenvalue weighted by atomic mass is 19.1. The van der Waals surface area contributed by atoms with Crippen LogP contribution in [0.25, 0.3) is 11.3 Å². The van der Waals surface area contributed by atoms with Crippen molar-refractivity contribution >= 4 is 5.91 Å². The first-order valence-electron chi connectivity index (χ1n) is 8.24. The maximum absolute atomic E-state index is 13.1. The normalized spacial score (nSPS) is 10.5. The van der Waals surface area contributed by atoms with Crippen molar-refractivity contribution in [1.82, 2.24) is 10.5 Å². The largest absolute Gasteiger partial charge is 0.497 e. The number of nitrogens with zero attached hydrogens (tertiary/aromatic N) is 1. The molecule has 1 N–H and O–H groups in total. The van der Waals surface area contributed by atoms with Crippen LogP contribution in [0.5, 0.6) is 5.75 Å². The minimum Gasteiger partial charge on any atom is -0.497 e. The van der Waals surface area contributed by atoms with E-state index >= 15 is 0 Å². The molecule has 1 heterocycles. The molecule has 0 spiro atoms. The first-order chi connectivity index (χ1) is 12.7. The summed E-state index contributed by atoms with van der Waals surface area (Å²) in [6.07, 6.45) is 2.31. The molecule has 2 aromatic carbocycles. The van der Waals surface area contributed by atoms with Crippen LogP contribution in [0.4, 0.5) is 4.39 Å². The predicted octanol–water partition coefficient (Wildman–Crippen LogP) is 3.74. The lowest BCUT2D eigenvalue weighted by atomic mass is 10.0. The lowest BCUT2D eigenvalue weighted by Gasteiger charge is -2.07. The first kappa shape index (κ1) is 17.7. The van der Waals surface area contributed by atoms with E-state index in [0.29, 0.717) is 25.1 Å². The van der Waals surface area contributed by atoms with Gasteiger partial charge in [-0.25, -0.2) is 4.39 Å². The van der Waals surface area contributed by atoms with E-state index < -0.39 is 0 Å². The summed E-state index contributed by atoms with van der Waals surface area (Å²) in [5.74, 6) is 0.375. The number of amides is 1. The summed E-state index contributed by atoms with van der Waals surface area (Å²) in [5.41, 5.74) is 3.17. The molecule has 0 radical (unpaired) electrons. The van der Waals surface area contributed by atoms with Crippen LogP contribution in [0.1, 0.15) is 17.5 Å². The van der Waals surface area contributed by atoms with Crippen LogP contribution >= 0.6 is 0 Å². The number of halogens is 1. The van der Waals surface area contributed by atoms with E-state index in [1.165, 1.54) is 18.4 Å². The molecule has 3 rings (SSSR count). The highest BCUT2D eigenvalue weighted by Crippen LogP contribution is 2.23. The number of methoxy groups -OCH3 is 1. The van der Waals surface area contributed by atoms with E-state index in [1.807, 2.05) is 24.3 Å². The molecule has 6 heteroatoms. The van der Waals surface area contributed by atoms with Crippen molar-refractivity contribution in [3.8, 4) is 17.0 Å². The summed E-state index contributed by atoms with van der Waals surface area (Å²) in [6, 6.07) is 13.6. The Labute approximate surface area is 150 Å². The summed E-state index contributed by atoms with van der Waals surface area (Å²) in [5, 5.41) is 6.85. The molecule has 0 saturated carbocycles. The maximum Gasteiger partial charge on any atom is 0.220 e. The standard InChI is InChI=1S/C20H19FN2O3/c1-25-18-4-2-3-14(11-18)12-22-19(24)10-7-16-13-26-23-20(16)15-5-8-17(21)9-6-15/h2-6,8-9,11,13H,7,10,12H2,1H3,(H,22,24). The minimum absolute atomic E-state index is 0.0703. The lowest BCUT2D eigenvalue weighted by molar-refractivity contribution is -0.121. The Bertz CT molecular complexity index is 875. The van der Waals surface area contributed by atoms with Crippen LogP contribution in [-0.4, -0.2) is 18.2 Å². The SMILES string of the molecule is COc1cccc(CNC(=O)CCc2conc2-c2ccc(F)cc2)c1. The van der Waals surface area contributed by atoms with E-state index in [4.69, 9.17) is 9.26 Å². The lowest BCUT2D eigenvalue weighted by Crippen LogP contribution is -2.23. The third kappa shape index (κ3) is 4.47. The second-order valence-electron chi connectivity index (χ2n) is 5.82. The van der Waals surface area contributed by atoms with Gasteiger partial charge in [0.2, 0.25) is 5.91 Å². The Balaban J connectivity index is 1.55. The van der Waals surface area contributed by atoms with Gasteiger partial charge in [0.15, 0.2) is 0 Å². The van der Waals surface area contributed by atoms with Gasteiger partial charge in [0.1, 0.15) is 23.5 Å². The monoisotopic (exact) mass is 354 g/mol. The van der Waals surface area contributed by atoms with Crippen LogP contribution < -0.4 is 10.1 Å². The molecule has 26 heavy (non-hydrogen) atoms. The Hall–Kier alpha value is -3.15. The topological polar surface area (TPSA) is 64.4 Å². The van der Waals surface area contributed by atoms with Gasteiger partial charge in [-0.05, 0) is 48.4 Å². The van der Waals surface area contributed by atoms with Gasteiger partial charge in [0, 0.05) is 24.1 Å². The zero-order chi connectivity index (χ0) is 18.4. The van der Waals surface area contributed by atoms with Gasteiger partial charge < -0.3 is 14.6 Å². The zero-order valence-corrected chi connectivity index (χ0v) is 14.4. The number of benzene rings is 2. The number of aryl methyl sites for hydroxylation is 1. The van der Waals surface area contributed by atoms with Gasteiger partial charge in [-0.3, -0.25) is 4.79 Å². The second kappa shape index (κ2) is 8.29. The molecule has 0 saturated heterocycles. The van der Waals surface area contributed by atoms with E-state index in [0.717, 1.165) is 22.4 Å². The third-order valence-electron chi connectivity index (χ3n) is 4.01. The molecular weight excluding hydrogens is 335 g/mol. The van der Waals surface area contributed by atoms with Crippen molar-refractivity contribution in [2.24, 2.45) is 0 Å². The molecule has 3 aromatic rings. The van der Waals surface area contributed by atoms with Crippen LogP contribution in [0, 0.1) is 5.82 Å².